The molecule has 29 heavy (non-hydrogen) atoms. The number of pyridine rings is 1. The van der Waals surface area contributed by atoms with Gasteiger partial charge in [-0.2, -0.15) is 0 Å². The molecule has 0 aliphatic carbocycles. The monoisotopic (exact) mass is 385 g/mol. The van der Waals surface area contributed by atoms with Crippen LogP contribution in [0.3, 0.4) is 0 Å². The first kappa shape index (κ1) is 18.4. The minimum atomic E-state index is -0.309. The smallest absolute Gasteiger partial charge is 0.291 e. The second-order valence-corrected chi connectivity index (χ2v) is 6.64. The molecule has 4 aromatic rings. The van der Waals surface area contributed by atoms with Crippen molar-refractivity contribution in [3.8, 4) is 0 Å². The summed E-state index contributed by atoms with van der Waals surface area (Å²) in [7, 11) is 0. The van der Waals surface area contributed by atoms with Gasteiger partial charge in [-0.25, -0.2) is 0 Å². The second kappa shape index (κ2) is 7.98. The van der Waals surface area contributed by atoms with Gasteiger partial charge in [0, 0.05) is 23.3 Å². The highest BCUT2D eigenvalue weighted by Crippen LogP contribution is 2.18. The van der Waals surface area contributed by atoms with Gasteiger partial charge in [0.2, 0.25) is 0 Å². The Kier molecular flexibility index (Phi) is 5.07. The SMILES string of the molecule is Cc1cc(C(=O)NCc2ccc(NC(=O)c3ccco3)cc2)c2ccccc2n1. The highest BCUT2D eigenvalue weighted by Gasteiger charge is 2.12. The molecule has 2 aromatic heterocycles. The van der Waals surface area contributed by atoms with Crippen LogP contribution < -0.4 is 10.6 Å². The Morgan fingerprint density at radius 3 is 2.52 bits per heavy atom. The zero-order chi connectivity index (χ0) is 20.2. The molecule has 0 aliphatic rings. The first-order valence-electron chi connectivity index (χ1n) is 9.18. The van der Waals surface area contributed by atoms with Crippen molar-refractivity contribution in [3.63, 3.8) is 0 Å². The van der Waals surface area contributed by atoms with Crippen LogP contribution in [0.4, 0.5) is 5.69 Å². The zero-order valence-electron chi connectivity index (χ0n) is 15.8. The van der Waals surface area contributed by atoms with Gasteiger partial charge in [0.05, 0.1) is 17.3 Å². The summed E-state index contributed by atoms with van der Waals surface area (Å²) < 4.78 is 5.07. The van der Waals surface area contributed by atoms with Crippen LogP contribution in [0, 0.1) is 6.92 Å². The number of fused-ring (bicyclic) bond motifs is 1. The molecule has 0 spiro atoms. The van der Waals surface area contributed by atoms with Crippen molar-refractivity contribution in [2.45, 2.75) is 13.5 Å². The third-order valence-corrected chi connectivity index (χ3v) is 4.50. The molecule has 6 heteroatoms. The summed E-state index contributed by atoms with van der Waals surface area (Å²) in [5.74, 6) is -0.209. The van der Waals surface area contributed by atoms with Crippen molar-refractivity contribution in [1.82, 2.24) is 10.3 Å². The number of carbonyl (C=O) groups excluding carboxylic acids is 2. The number of hydrogen-bond donors (Lipinski definition) is 2. The molecule has 2 heterocycles. The minimum absolute atomic E-state index is 0.151. The van der Waals surface area contributed by atoms with E-state index < -0.39 is 0 Å². The van der Waals surface area contributed by atoms with E-state index in [1.165, 1.54) is 6.26 Å². The molecule has 2 aromatic carbocycles. The molecule has 2 amide bonds. The molecule has 0 aliphatic heterocycles. The predicted octanol–water partition coefficient (Wildman–Crippen LogP) is 4.32. The molecule has 144 valence electrons. The van der Waals surface area contributed by atoms with Gasteiger partial charge in [-0.05, 0) is 48.9 Å². The zero-order valence-corrected chi connectivity index (χ0v) is 15.8. The largest absolute Gasteiger partial charge is 0.459 e. The van der Waals surface area contributed by atoms with Crippen molar-refractivity contribution in [2.24, 2.45) is 0 Å². The van der Waals surface area contributed by atoms with Crippen molar-refractivity contribution < 1.29 is 14.0 Å². The van der Waals surface area contributed by atoms with Gasteiger partial charge in [0.25, 0.3) is 11.8 Å². The van der Waals surface area contributed by atoms with Gasteiger partial charge >= 0.3 is 0 Å². The van der Waals surface area contributed by atoms with E-state index in [1.807, 2.05) is 43.3 Å². The van der Waals surface area contributed by atoms with Gasteiger partial charge in [-0.15, -0.1) is 0 Å². The number of carbonyl (C=O) groups is 2. The summed E-state index contributed by atoms with van der Waals surface area (Å²) in [6.45, 7) is 2.25. The predicted molar refractivity (Wildman–Crippen MR) is 111 cm³/mol. The Labute approximate surface area is 167 Å². The summed E-state index contributed by atoms with van der Waals surface area (Å²) in [6, 6.07) is 19.9. The van der Waals surface area contributed by atoms with Crippen LogP contribution in [-0.2, 0) is 6.54 Å². The van der Waals surface area contributed by atoms with Crippen LogP contribution in [0.15, 0.2) is 77.4 Å². The van der Waals surface area contributed by atoms with Crippen molar-refractivity contribution in [1.29, 1.82) is 0 Å². The Balaban J connectivity index is 1.42. The van der Waals surface area contributed by atoms with Gasteiger partial charge in [0.15, 0.2) is 5.76 Å². The lowest BCUT2D eigenvalue weighted by Gasteiger charge is -2.10. The Hall–Kier alpha value is -3.93. The Morgan fingerprint density at radius 1 is 0.966 bits per heavy atom. The molecular formula is C23H19N3O3. The average molecular weight is 385 g/mol. The molecule has 0 fully saturated rings. The maximum Gasteiger partial charge on any atom is 0.291 e. The first-order chi connectivity index (χ1) is 14.1. The number of aromatic nitrogens is 1. The number of hydrogen-bond acceptors (Lipinski definition) is 4. The number of aryl methyl sites for hydroxylation is 1. The van der Waals surface area contributed by atoms with Crippen LogP contribution in [0.2, 0.25) is 0 Å². The third-order valence-electron chi connectivity index (χ3n) is 4.50. The molecule has 0 saturated carbocycles. The standard InChI is InChI=1S/C23H19N3O3/c1-15-13-19(18-5-2-3-6-20(18)25-15)22(27)24-14-16-8-10-17(11-9-16)26-23(28)21-7-4-12-29-21/h2-13H,14H2,1H3,(H,24,27)(H,26,28). The summed E-state index contributed by atoms with van der Waals surface area (Å²) >= 11 is 0. The maximum absolute atomic E-state index is 12.7. The number of amides is 2. The fraction of sp³-hybridized carbons (Fsp3) is 0.0870. The Bertz CT molecular complexity index is 1170. The van der Waals surface area contributed by atoms with Crippen LogP contribution >= 0.6 is 0 Å². The van der Waals surface area contributed by atoms with Gasteiger partial charge in [0.1, 0.15) is 0 Å². The van der Waals surface area contributed by atoms with E-state index in [1.54, 1.807) is 30.3 Å². The lowest BCUT2D eigenvalue weighted by Crippen LogP contribution is -2.23. The van der Waals surface area contributed by atoms with E-state index in [0.717, 1.165) is 22.2 Å². The molecule has 0 bridgehead atoms. The number of rotatable bonds is 5. The molecule has 6 nitrogen and oxygen atoms in total. The Morgan fingerprint density at radius 2 is 1.76 bits per heavy atom. The van der Waals surface area contributed by atoms with E-state index in [0.29, 0.717) is 17.8 Å². The minimum Gasteiger partial charge on any atom is -0.459 e. The van der Waals surface area contributed by atoms with Crippen LogP contribution in [0.25, 0.3) is 10.9 Å². The van der Waals surface area contributed by atoms with E-state index in [2.05, 4.69) is 15.6 Å². The highest BCUT2D eigenvalue weighted by molar-refractivity contribution is 6.06. The van der Waals surface area contributed by atoms with Gasteiger partial charge < -0.3 is 15.1 Å². The van der Waals surface area contributed by atoms with Crippen molar-refractivity contribution >= 4 is 28.4 Å². The van der Waals surface area contributed by atoms with E-state index in [-0.39, 0.29) is 17.6 Å². The van der Waals surface area contributed by atoms with Crippen LogP contribution in [-0.4, -0.2) is 16.8 Å². The number of para-hydroxylation sites is 1. The number of nitrogens with one attached hydrogen (secondary N) is 2. The molecule has 0 atom stereocenters. The molecule has 2 N–H and O–H groups in total. The summed E-state index contributed by atoms with van der Waals surface area (Å²) in [6.07, 6.45) is 1.45. The van der Waals surface area contributed by atoms with Crippen molar-refractivity contribution in [3.05, 3.63) is 95.6 Å². The number of benzene rings is 2. The third kappa shape index (κ3) is 4.16. The fourth-order valence-corrected chi connectivity index (χ4v) is 3.08. The molecule has 0 saturated heterocycles. The van der Waals surface area contributed by atoms with E-state index in [9.17, 15) is 9.59 Å². The average Bonchev–Trinajstić information content (AvgIpc) is 3.27. The highest BCUT2D eigenvalue weighted by atomic mass is 16.3. The second-order valence-electron chi connectivity index (χ2n) is 6.64. The fourth-order valence-electron chi connectivity index (χ4n) is 3.08. The molecular weight excluding hydrogens is 366 g/mol. The normalized spacial score (nSPS) is 10.7. The molecule has 0 radical (unpaired) electrons. The lowest BCUT2D eigenvalue weighted by atomic mass is 10.1. The van der Waals surface area contributed by atoms with Crippen LogP contribution in [0.5, 0.6) is 0 Å². The van der Waals surface area contributed by atoms with Crippen molar-refractivity contribution in [2.75, 3.05) is 5.32 Å². The molecule has 0 unspecified atom stereocenters. The van der Waals surface area contributed by atoms with E-state index >= 15 is 0 Å². The first-order valence-corrected chi connectivity index (χ1v) is 9.18. The molecule has 4 rings (SSSR count). The number of furan rings is 1. The lowest BCUT2D eigenvalue weighted by molar-refractivity contribution is 0.0951. The van der Waals surface area contributed by atoms with Crippen LogP contribution in [0.1, 0.15) is 32.2 Å². The summed E-state index contributed by atoms with van der Waals surface area (Å²) in [5.41, 5.74) is 3.77. The maximum atomic E-state index is 12.7. The van der Waals surface area contributed by atoms with Gasteiger partial charge in [-0.3, -0.25) is 14.6 Å². The quantitative estimate of drug-likeness (QED) is 0.536. The summed E-state index contributed by atoms with van der Waals surface area (Å²) in [5, 5.41) is 6.54. The van der Waals surface area contributed by atoms with Gasteiger partial charge in [-0.1, -0.05) is 30.3 Å². The number of nitrogens with zero attached hydrogens (tertiary/aromatic N) is 1. The van der Waals surface area contributed by atoms with E-state index in [4.69, 9.17) is 4.42 Å². The number of anilines is 1. The summed E-state index contributed by atoms with van der Waals surface area (Å²) in [4.78, 5) is 29.2. The topological polar surface area (TPSA) is 84.2 Å².